The van der Waals surface area contributed by atoms with Crippen molar-refractivity contribution < 1.29 is 9.84 Å². The molecule has 0 amide bonds. The van der Waals surface area contributed by atoms with Gasteiger partial charge in [-0.15, -0.1) is 0 Å². The van der Waals surface area contributed by atoms with Gasteiger partial charge in [0.1, 0.15) is 6.10 Å². The standard InChI is InChI=1S/C14H22N2O2/c1-16-9-12(15-10-16)13(17)11-4-7-18-14(8-11)5-2-3-6-14/h9-11,13,17H,2-8H2,1H3. The number of ether oxygens (including phenoxy) is 1. The molecule has 1 saturated carbocycles. The van der Waals surface area contributed by atoms with Crippen LogP contribution < -0.4 is 0 Å². The molecule has 2 atom stereocenters. The lowest BCUT2D eigenvalue weighted by molar-refractivity contribution is -0.113. The zero-order valence-electron chi connectivity index (χ0n) is 11.0. The summed E-state index contributed by atoms with van der Waals surface area (Å²) in [5, 5.41) is 10.5. The number of aliphatic hydroxyl groups is 1. The summed E-state index contributed by atoms with van der Waals surface area (Å²) in [6.07, 6.45) is 10.0. The summed E-state index contributed by atoms with van der Waals surface area (Å²) in [6, 6.07) is 0. The Morgan fingerprint density at radius 1 is 1.50 bits per heavy atom. The molecule has 1 aliphatic heterocycles. The summed E-state index contributed by atoms with van der Waals surface area (Å²) in [4.78, 5) is 4.28. The molecular formula is C14H22N2O2. The predicted octanol–water partition coefficient (Wildman–Crippen LogP) is 2.19. The Labute approximate surface area is 108 Å². The molecule has 1 aliphatic carbocycles. The van der Waals surface area contributed by atoms with Crippen LogP contribution >= 0.6 is 0 Å². The van der Waals surface area contributed by atoms with E-state index in [1.807, 2.05) is 17.8 Å². The molecule has 3 rings (SSSR count). The van der Waals surface area contributed by atoms with Crippen molar-refractivity contribution in [1.29, 1.82) is 0 Å². The lowest BCUT2D eigenvalue weighted by Gasteiger charge is -2.39. The van der Waals surface area contributed by atoms with E-state index < -0.39 is 6.10 Å². The van der Waals surface area contributed by atoms with Gasteiger partial charge in [-0.25, -0.2) is 4.98 Å². The highest BCUT2D eigenvalue weighted by molar-refractivity contribution is 5.04. The first kappa shape index (κ1) is 12.2. The number of nitrogens with zero attached hydrogens (tertiary/aromatic N) is 2. The first-order valence-corrected chi connectivity index (χ1v) is 6.98. The Hall–Kier alpha value is -0.870. The van der Waals surface area contributed by atoms with E-state index in [9.17, 15) is 5.11 Å². The molecule has 2 unspecified atom stereocenters. The van der Waals surface area contributed by atoms with Gasteiger partial charge in [0.25, 0.3) is 0 Å². The van der Waals surface area contributed by atoms with E-state index in [4.69, 9.17) is 4.74 Å². The van der Waals surface area contributed by atoms with Gasteiger partial charge in [0, 0.05) is 19.9 Å². The number of aromatic nitrogens is 2. The quantitative estimate of drug-likeness (QED) is 0.875. The number of aryl methyl sites for hydroxylation is 1. The number of rotatable bonds is 2. The molecule has 18 heavy (non-hydrogen) atoms. The summed E-state index contributed by atoms with van der Waals surface area (Å²) in [7, 11) is 1.94. The zero-order valence-corrected chi connectivity index (χ0v) is 11.0. The van der Waals surface area contributed by atoms with Gasteiger partial charge in [0.15, 0.2) is 0 Å². The van der Waals surface area contributed by atoms with E-state index in [0.717, 1.165) is 25.1 Å². The fraction of sp³-hybridized carbons (Fsp3) is 0.786. The molecule has 2 aliphatic rings. The third-order valence-electron chi connectivity index (χ3n) is 4.52. The molecule has 1 saturated heterocycles. The van der Waals surface area contributed by atoms with Crippen molar-refractivity contribution in [2.24, 2.45) is 13.0 Å². The number of hydrogen-bond donors (Lipinski definition) is 1. The van der Waals surface area contributed by atoms with Crippen LogP contribution in [-0.4, -0.2) is 26.9 Å². The highest BCUT2D eigenvalue weighted by atomic mass is 16.5. The Balaban J connectivity index is 1.72. The van der Waals surface area contributed by atoms with Crippen LogP contribution in [-0.2, 0) is 11.8 Å². The second-order valence-corrected chi connectivity index (χ2v) is 5.90. The van der Waals surface area contributed by atoms with Crippen molar-refractivity contribution in [3.8, 4) is 0 Å². The van der Waals surface area contributed by atoms with Crippen LogP contribution in [0, 0.1) is 5.92 Å². The van der Waals surface area contributed by atoms with Crippen molar-refractivity contribution in [1.82, 2.24) is 9.55 Å². The largest absolute Gasteiger partial charge is 0.386 e. The Bertz CT molecular complexity index is 410. The van der Waals surface area contributed by atoms with E-state index in [0.29, 0.717) is 5.92 Å². The molecular weight excluding hydrogens is 228 g/mol. The third-order valence-corrected chi connectivity index (χ3v) is 4.52. The first-order chi connectivity index (χ1) is 8.69. The molecule has 1 aromatic heterocycles. The van der Waals surface area contributed by atoms with Crippen molar-refractivity contribution >= 4 is 0 Å². The summed E-state index contributed by atoms with van der Waals surface area (Å²) in [5.41, 5.74) is 0.871. The van der Waals surface area contributed by atoms with Crippen LogP contribution in [0.5, 0.6) is 0 Å². The molecule has 100 valence electrons. The monoisotopic (exact) mass is 250 g/mol. The summed E-state index contributed by atoms with van der Waals surface area (Å²) < 4.78 is 7.90. The molecule has 1 N–H and O–H groups in total. The van der Waals surface area contributed by atoms with E-state index in [1.54, 1.807) is 6.33 Å². The molecule has 0 bridgehead atoms. The summed E-state index contributed by atoms with van der Waals surface area (Å²) >= 11 is 0. The average Bonchev–Trinajstić information content (AvgIpc) is 2.98. The van der Waals surface area contributed by atoms with Gasteiger partial charge in [0.2, 0.25) is 0 Å². The fourth-order valence-electron chi connectivity index (χ4n) is 3.53. The number of hydrogen-bond acceptors (Lipinski definition) is 3. The van der Waals surface area contributed by atoms with E-state index >= 15 is 0 Å². The highest BCUT2D eigenvalue weighted by Crippen LogP contribution is 2.45. The van der Waals surface area contributed by atoms with Gasteiger partial charge in [-0.1, -0.05) is 12.8 Å². The maximum atomic E-state index is 10.5. The average molecular weight is 250 g/mol. The van der Waals surface area contributed by atoms with Crippen LogP contribution in [0.25, 0.3) is 0 Å². The Kier molecular flexibility index (Phi) is 3.16. The third kappa shape index (κ3) is 2.19. The zero-order chi connectivity index (χ0) is 12.6. The van der Waals surface area contributed by atoms with Crippen LogP contribution in [0.1, 0.15) is 50.3 Å². The van der Waals surface area contributed by atoms with Gasteiger partial charge in [-0.05, 0) is 31.6 Å². The van der Waals surface area contributed by atoms with Crippen molar-refractivity contribution in [2.45, 2.75) is 50.2 Å². The maximum absolute atomic E-state index is 10.5. The van der Waals surface area contributed by atoms with Crippen LogP contribution in [0.3, 0.4) is 0 Å². The van der Waals surface area contributed by atoms with E-state index in [2.05, 4.69) is 4.98 Å². The minimum Gasteiger partial charge on any atom is -0.386 e. The fourth-order valence-corrected chi connectivity index (χ4v) is 3.53. The van der Waals surface area contributed by atoms with Gasteiger partial charge in [0.05, 0.1) is 17.6 Å². The number of imidazole rings is 1. The number of aliphatic hydroxyl groups excluding tert-OH is 1. The SMILES string of the molecule is Cn1cnc(C(O)C2CCOC3(CCCC3)C2)c1. The van der Waals surface area contributed by atoms with Crippen LogP contribution in [0.4, 0.5) is 0 Å². The summed E-state index contributed by atoms with van der Waals surface area (Å²) in [5.74, 6) is 0.298. The van der Waals surface area contributed by atoms with Gasteiger partial charge >= 0.3 is 0 Å². The van der Waals surface area contributed by atoms with Crippen LogP contribution in [0.2, 0.25) is 0 Å². The highest BCUT2D eigenvalue weighted by Gasteiger charge is 2.42. The summed E-state index contributed by atoms with van der Waals surface area (Å²) in [6.45, 7) is 0.786. The molecule has 1 aromatic rings. The van der Waals surface area contributed by atoms with Crippen molar-refractivity contribution in [2.75, 3.05) is 6.61 Å². The Morgan fingerprint density at radius 2 is 2.28 bits per heavy atom. The smallest absolute Gasteiger partial charge is 0.100 e. The molecule has 2 heterocycles. The molecule has 0 aromatic carbocycles. The van der Waals surface area contributed by atoms with E-state index in [1.165, 1.54) is 25.7 Å². The van der Waals surface area contributed by atoms with Gasteiger partial charge in [-0.3, -0.25) is 0 Å². The minimum absolute atomic E-state index is 0.0681. The Morgan fingerprint density at radius 3 is 2.94 bits per heavy atom. The predicted molar refractivity (Wildman–Crippen MR) is 68.0 cm³/mol. The lowest BCUT2D eigenvalue weighted by atomic mass is 9.81. The second-order valence-electron chi connectivity index (χ2n) is 5.90. The second kappa shape index (κ2) is 4.67. The van der Waals surface area contributed by atoms with Crippen molar-refractivity contribution in [3.63, 3.8) is 0 Å². The molecule has 4 heteroatoms. The molecule has 4 nitrogen and oxygen atoms in total. The van der Waals surface area contributed by atoms with Gasteiger partial charge in [-0.2, -0.15) is 0 Å². The maximum Gasteiger partial charge on any atom is 0.100 e. The van der Waals surface area contributed by atoms with E-state index in [-0.39, 0.29) is 5.60 Å². The lowest BCUT2D eigenvalue weighted by Crippen LogP contribution is -2.39. The van der Waals surface area contributed by atoms with Crippen LogP contribution in [0.15, 0.2) is 12.5 Å². The molecule has 0 radical (unpaired) electrons. The van der Waals surface area contributed by atoms with Crippen molar-refractivity contribution in [3.05, 3.63) is 18.2 Å². The minimum atomic E-state index is -0.437. The molecule has 2 fully saturated rings. The first-order valence-electron chi connectivity index (χ1n) is 6.98. The topological polar surface area (TPSA) is 47.3 Å². The molecule has 1 spiro atoms. The van der Waals surface area contributed by atoms with Gasteiger partial charge < -0.3 is 14.4 Å². The normalized spacial score (nSPS) is 28.7.